The minimum absolute atomic E-state index is 0.405. The molecule has 1 aromatic rings. The van der Waals surface area contributed by atoms with Crippen LogP contribution in [0.5, 0.6) is 0 Å². The third-order valence-electron chi connectivity index (χ3n) is 2.32. The Kier molecular flexibility index (Phi) is 3.19. The van der Waals surface area contributed by atoms with Gasteiger partial charge in [0, 0.05) is 6.54 Å². The molecule has 2 N–H and O–H groups in total. The van der Waals surface area contributed by atoms with Crippen molar-refractivity contribution in [1.29, 1.82) is 0 Å². The Morgan fingerprint density at radius 3 is 2.21 bits per heavy atom. The molecule has 1 rings (SSSR count). The van der Waals surface area contributed by atoms with E-state index >= 15 is 0 Å². The Balaban J connectivity index is 3.05. The number of nitrogens with zero attached hydrogens (tertiary/aromatic N) is 2. The Hall–Kier alpha value is -0.990. The highest BCUT2D eigenvalue weighted by atomic mass is 15.1. The van der Waals surface area contributed by atoms with Crippen LogP contribution >= 0.6 is 0 Å². The van der Waals surface area contributed by atoms with Crippen molar-refractivity contribution in [3.63, 3.8) is 0 Å². The van der Waals surface area contributed by atoms with Crippen LogP contribution in [-0.4, -0.2) is 9.55 Å². The molecule has 3 nitrogen and oxygen atoms in total. The molecule has 0 aliphatic rings. The van der Waals surface area contributed by atoms with E-state index in [2.05, 4.69) is 37.2 Å². The van der Waals surface area contributed by atoms with Crippen LogP contribution in [0.25, 0.3) is 0 Å². The average molecular weight is 195 g/mol. The van der Waals surface area contributed by atoms with Crippen LogP contribution in [0.15, 0.2) is 0 Å². The first-order valence-electron chi connectivity index (χ1n) is 5.26. The van der Waals surface area contributed by atoms with E-state index in [-0.39, 0.29) is 0 Å². The summed E-state index contributed by atoms with van der Waals surface area (Å²) in [4.78, 5) is 4.50. The lowest BCUT2D eigenvalue weighted by Crippen LogP contribution is -2.10. The summed E-state index contributed by atoms with van der Waals surface area (Å²) in [5.74, 6) is 2.87. The summed E-state index contributed by atoms with van der Waals surface area (Å²) in [7, 11) is 0. The minimum Gasteiger partial charge on any atom is -0.384 e. The van der Waals surface area contributed by atoms with Crippen molar-refractivity contribution in [2.24, 2.45) is 5.92 Å². The molecule has 1 heterocycles. The summed E-state index contributed by atoms with van der Waals surface area (Å²) in [6.45, 7) is 11.6. The zero-order valence-electron chi connectivity index (χ0n) is 9.83. The molecule has 0 unspecified atom stereocenters. The van der Waals surface area contributed by atoms with Crippen molar-refractivity contribution in [3.8, 4) is 0 Å². The molecule has 14 heavy (non-hydrogen) atoms. The van der Waals surface area contributed by atoms with Gasteiger partial charge in [-0.2, -0.15) is 0 Å². The van der Waals surface area contributed by atoms with Gasteiger partial charge in [0.2, 0.25) is 0 Å². The van der Waals surface area contributed by atoms with E-state index in [1.807, 2.05) is 6.92 Å². The highest BCUT2D eigenvalue weighted by molar-refractivity contribution is 5.40. The van der Waals surface area contributed by atoms with E-state index in [1.54, 1.807) is 0 Å². The maximum atomic E-state index is 6.05. The fraction of sp³-hybridized carbons (Fsp3) is 0.727. The molecule has 0 aliphatic heterocycles. The normalized spacial score (nSPS) is 11.6. The van der Waals surface area contributed by atoms with E-state index in [0.717, 1.165) is 23.9 Å². The molecule has 0 aromatic carbocycles. The standard InChI is InChI=1S/C11H21N3/c1-7(2)6-14-9(5)13-10(8(3)4)11(14)12/h7-8H,6,12H2,1-5H3. The van der Waals surface area contributed by atoms with Gasteiger partial charge in [-0.05, 0) is 18.8 Å². The first-order chi connectivity index (χ1) is 6.43. The molecular formula is C11H21N3. The van der Waals surface area contributed by atoms with Crippen LogP contribution in [-0.2, 0) is 6.54 Å². The number of imidazole rings is 1. The lowest BCUT2D eigenvalue weighted by atomic mass is 10.1. The first kappa shape index (κ1) is 11.1. The summed E-state index contributed by atoms with van der Waals surface area (Å²) in [5, 5.41) is 0. The van der Waals surface area contributed by atoms with Crippen molar-refractivity contribution in [2.45, 2.75) is 47.1 Å². The molecular weight excluding hydrogens is 174 g/mol. The minimum atomic E-state index is 0.405. The van der Waals surface area contributed by atoms with Gasteiger partial charge in [0.05, 0.1) is 5.69 Å². The largest absolute Gasteiger partial charge is 0.384 e. The molecule has 0 aliphatic carbocycles. The molecule has 80 valence electrons. The van der Waals surface area contributed by atoms with Gasteiger partial charge in [0.1, 0.15) is 11.6 Å². The highest BCUT2D eigenvalue weighted by Crippen LogP contribution is 2.22. The van der Waals surface area contributed by atoms with Gasteiger partial charge in [-0.15, -0.1) is 0 Å². The second-order valence-corrected chi connectivity index (χ2v) is 4.59. The summed E-state index contributed by atoms with van der Waals surface area (Å²) in [5.41, 5.74) is 7.08. The highest BCUT2D eigenvalue weighted by Gasteiger charge is 2.14. The van der Waals surface area contributed by atoms with E-state index in [9.17, 15) is 0 Å². The maximum absolute atomic E-state index is 6.05. The number of aromatic nitrogens is 2. The number of rotatable bonds is 3. The molecule has 0 radical (unpaired) electrons. The van der Waals surface area contributed by atoms with Crippen molar-refractivity contribution < 1.29 is 0 Å². The molecule has 1 aromatic heterocycles. The molecule has 0 saturated carbocycles. The van der Waals surface area contributed by atoms with E-state index in [0.29, 0.717) is 11.8 Å². The van der Waals surface area contributed by atoms with Crippen LogP contribution in [0.3, 0.4) is 0 Å². The number of hydrogen-bond donors (Lipinski definition) is 1. The monoisotopic (exact) mass is 195 g/mol. The molecule has 0 amide bonds. The van der Waals surface area contributed by atoms with Gasteiger partial charge >= 0.3 is 0 Å². The van der Waals surface area contributed by atoms with E-state index in [4.69, 9.17) is 5.73 Å². The Labute approximate surface area is 86.3 Å². The average Bonchev–Trinajstić information content (AvgIpc) is 2.31. The Bertz CT molecular complexity index is 311. The molecule has 0 atom stereocenters. The lowest BCUT2D eigenvalue weighted by Gasteiger charge is -2.10. The van der Waals surface area contributed by atoms with Crippen molar-refractivity contribution in [2.75, 3.05) is 5.73 Å². The van der Waals surface area contributed by atoms with E-state index < -0.39 is 0 Å². The summed E-state index contributed by atoms with van der Waals surface area (Å²) in [6.07, 6.45) is 0. The number of hydrogen-bond acceptors (Lipinski definition) is 2. The zero-order chi connectivity index (χ0) is 10.9. The Morgan fingerprint density at radius 1 is 1.29 bits per heavy atom. The van der Waals surface area contributed by atoms with Gasteiger partial charge < -0.3 is 10.3 Å². The van der Waals surface area contributed by atoms with Gasteiger partial charge in [0.25, 0.3) is 0 Å². The summed E-state index contributed by atoms with van der Waals surface area (Å²) < 4.78 is 2.11. The lowest BCUT2D eigenvalue weighted by molar-refractivity contribution is 0.518. The van der Waals surface area contributed by atoms with Crippen LogP contribution in [0.1, 0.15) is 45.1 Å². The van der Waals surface area contributed by atoms with Gasteiger partial charge in [-0.1, -0.05) is 27.7 Å². The maximum Gasteiger partial charge on any atom is 0.127 e. The molecule has 0 bridgehead atoms. The molecule has 0 spiro atoms. The topological polar surface area (TPSA) is 43.8 Å². The smallest absolute Gasteiger partial charge is 0.127 e. The number of nitrogens with two attached hydrogens (primary N) is 1. The first-order valence-corrected chi connectivity index (χ1v) is 5.26. The predicted octanol–water partition coefficient (Wildman–Crippen LogP) is 2.55. The van der Waals surface area contributed by atoms with Crippen molar-refractivity contribution in [1.82, 2.24) is 9.55 Å². The zero-order valence-corrected chi connectivity index (χ0v) is 9.83. The number of nitrogen functional groups attached to an aromatic ring is 1. The predicted molar refractivity (Wildman–Crippen MR) is 60.3 cm³/mol. The fourth-order valence-corrected chi connectivity index (χ4v) is 1.63. The van der Waals surface area contributed by atoms with Crippen molar-refractivity contribution in [3.05, 3.63) is 11.5 Å². The third-order valence-corrected chi connectivity index (χ3v) is 2.32. The quantitative estimate of drug-likeness (QED) is 0.805. The van der Waals surface area contributed by atoms with Crippen LogP contribution < -0.4 is 5.73 Å². The van der Waals surface area contributed by atoms with Gasteiger partial charge in [-0.25, -0.2) is 4.98 Å². The van der Waals surface area contributed by atoms with E-state index in [1.165, 1.54) is 0 Å². The second-order valence-electron chi connectivity index (χ2n) is 4.59. The molecule has 3 heteroatoms. The van der Waals surface area contributed by atoms with Gasteiger partial charge in [0.15, 0.2) is 0 Å². The molecule has 0 saturated heterocycles. The van der Waals surface area contributed by atoms with Crippen molar-refractivity contribution >= 4 is 5.82 Å². The second kappa shape index (κ2) is 4.03. The number of anilines is 1. The summed E-state index contributed by atoms with van der Waals surface area (Å²) in [6, 6.07) is 0. The van der Waals surface area contributed by atoms with Gasteiger partial charge in [-0.3, -0.25) is 0 Å². The van der Waals surface area contributed by atoms with Crippen LogP contribution in [0, 0.1) is 12.8 Å². The fourth-order valence-electron chi connectivity index (χ4n) is 1.63. The number of aryl methyl sites for hydroxylation is 1. The van der Waals surface area contributed by atoms with Crippen LogP contribution in [0.2, 0.25) is 0 Å². The Morgan fingerprint density at radius 2 is 1.86 bits per heavy atom. The third kappa shape index (κ3) is 2.08. The summed E-state index contributed by atoms with van der Waals surface area (Å²) >= 11 is 0. The SMILES string of the molecule is Cc1nc(C(C)C)c(N)n1CC(C)C. The molecule has 0 fully saturated rings. The van der Waals surface area contributed by atoms with Crippen LogP contribution in [0.4, 0.5) is 5.82 Å².